The Hall–Kier alpha value is -1.99. The van der Waals surface area contributed by atoms with Gasteiger partial charge in [0, 0.05) is 18.4 Å². The van der Waals surface area contributed by atoms with E-state index in [0.29, 0.717) is 6.42 Å². The van der Waals surface area contributed by atoms with E-state index in [4.69, 9.17) is 5.73 Å². The lowest BCUT2D eigenvalue weighted by molar-refractivity contribution is 0.559. The first kappa shape index (κ1) is 15.4. The van der Waals surface area contributed by atoms with Crippen molar-refractivity contribution in [3.63, 3.8) is 0 Å². The topological polar surface area (TPSA) is 85.1 Å². The molecule has 21 heavy (non-hydrogen) atoms. The van der Waals surface area contributed by atoms with Crippen LogP contribution in [0.15, 0.2) is 47.6 Å². The summed E-state index contributed by atoms with van der Waals surface area (Å²) in [6.07, 6.45) is 3.08. The molecule has 0 bridgehead atoms. The molecular weight excluding hydrogens is 293 g/mol. The summed E-state index contributed by atoms with van der Waals surface area (Å²) in [6, 6.07) is 7.00. The molecule has 0 aliphatic heterocycles. The predicted molar refractivity (Wildman–Crippen MR) is 78.5 cm³/mol. The second-order valence-electron chi connectivity index (χ2n) is 4.77. The Morgan fingerprint density at radius 3 is 2.57 bits per heavy atom. The minimum absolute atomic E-state index is 0.0454. The average Bonchev–Trinajstić information content (AvgIpc) is 2.41. The lowest BCUT2D eigenvalue weighted by Gasteiger charge is -2.15. The summed E-state index contributed by atoms with van der Waals surface area (Å²) in [5, 5.41) is 0. The van der Waals surface area contributed by atoms with Crippen molar-refractivity contribution in [3.8, 4) is 0 Å². The number of nitrogens with two attached hydrogens (primary N) is 1. The van der Waals surface area contributed by atoms with Crippen LogP contribution in [0.1, 0.15) is 12.5 Å². The number of benzene rings is 1. The Labute approximate surface area is 123 Å². The molecule has 1 aromatic heterocycles. The Morgan fingerprint density at radius 1 is 1.29 bits per heavy atom. The average molecular weight is 309 g/mol. The summed E-state index contributed by atoms with van der Waals surface area (Å²) in [7, 11) is -3.73. The normalized spacial score (nSPS) is 13.0. The fourth-order valence-electron chi connectivity index (χ4n) is 1.96. The van der Waals surface area contributed by atoms with Gasteiger partial charge in [0.15, 0.2) is 0 Å². The van der Waals surface area contributed by atoms with Gasteiger partial charge in [0.05, 0.1) is 5.69 Å². The predicted octanol–water partition coefficient (Wildman–Crippen LogP) is 1.71. The highest BCUT2D eigenvalue weighted by atomic mass is 32.2. The number of nitrogens with one attached hydrogen (secondary N) is 1. The number of hydrogen-bond acceptors (Lipinski definition) is 4. The van der Waals surface area contributed by atoms with Crippen LogP contribution >= 0.6 is 0 Å². The fraction of sp³-hybridized carbons (Fsp3) is 0.214. The zero-order valence-corrected chi connectivity index (χ0v) is 12.3. The quantitative estimate of drug-likeness (QED) is 0.880. The summed E-state index contributed by atoms with van der Waals surface area (Å²) < 4.78 is 39.8. The molecule has 5 nitrogen and oxygen atoms in total. The van der Waals surface area contributed by atoms with Gasteiger partial charge in [-0.2, -0.15) is 0 Å². The van der Waals surface area contributed by atoms with Crippen LogP contribution in [0.2, 0.25) is 0 Å². The Balaban J connectivity index is 2.10. The number of nitrogens with zero attached hydrogens (tertiary/aromatic N) is 1. The zero-order chi connectivity index (χ0) is 15.5. The van der Waals surface area contributed by atoms with Crippen molar-refractivity contribution in [3.05, 3.63) is 54.1 Å². The highest BCUT2D eigenvalue weighted by molar-refractivity contribution is 7.89. The highest BCUT2D eigenvalue weighted by Gasteiger charge is 2.20. The molecule has 2 aromatic rings. The van der Waals surface area contributed by atoms with Gasteiger partial charge in [0.2, 0.25) is 10.0 Å². The van der Waals surface area contributed by atoms with Crippen molar-refractivity contribution in [2.45, 2.75) is 24.3 Å². The van der Waals surface area contributed by atoms with Crippen molar-refractivity contribution in [2.24, 2.45) is 0 Å². The van der Waals surface area contributed by atoms with E-state index in [1.807, 2.05) is 0 Å². The maximum absolute atomic E-state index is 12.8. The van der Waals surface area contributed by atoms with Crippen molar-refractivity contribution in [1.82, 2.24) is 9.71 Å². The molecule has 1 atom stereocenters. The Bertz CT molecular complexity index is 717. The third-order valence-corrected chi connectivity index (χ3v) is 4.55. The van der Waals surface area contributed by atoms with E-state index in [0.717, 1.165) is 5.56 Å². The second-order valence-corrected chi connectivity index (χ2v) is 6.45. The maximum Gasteiger partial charge on any atom is 0.244 e. The lowest BCUT2D eigenvalue weighted by Crippen LogP contribution is -2.34. The SMILES string of the molecule is CC(Cc1ccc(F)cc1)NS(=O)(=O)c1cnccc1N. The number of hydrogen-bond donors (Lipinski definition) is 2. The van der Waals surface area contributed by atoms with Crippen LogP contribution in [0.4, 0.5) is 10.1 Å². The molecule has 0 radical (unpaired) electrons. The van der Waals surface area contributed by atoms with Crippen LogP contribution < -0.4 is 10.5 Å². The molecule has 0 aliphatic rings. The lowest BCUT2D eigenvalue weighted by atomic mass is 10.1. The molecule has 0 saturated carbocycles. The monoisotopic (exact) mass is 309 g/mol. The minimum atomic E-state index is -3.73. The molecule has 0 amide bonds. The molecule has 7 heteroatoms. The van der Waals surface area contributed by atoms with E-state index in [1.165, 1.54) is 30.6 Å². The fourth-order valence-corrected chi connectivity index (χ4v) is 3.28. The van der Waals surface area contributed by atoms with Gasteiger partial charge in [0.1, 0.15) is 10.7 Å². The number of sulfonamides is 1. The van der Waals surface area contributed by atoms with Gasteiger partial charge in [-0.05, 0) is 37.1 Å². The molecule has 0 aliphatic carbocycles. The van der Waals surface area contributed by atoms with Crippen molar-refractivity contribution >= 4 is 15.7 Å². The van der Waals surface area contributed by atoms with Gasteiger partial charge in [-0.15, -0.1) is 0 Å². The van der Waals surface area contributed by atoms with E-state index < -0.39 is 10.0 Å². The Morgan fingerprint density at radius 2 is 1.95 bits per heavy atom. The molecule has 1 aromatic carbocycles. The van der Waals surface area contributed by atoms with E-state index in [1.54, 1.807) is 19.1 Å². The van der Waals surface area contributed by atoms with E-state index in [9.17, 15) is 12.8 Å². The van der Waals surface area contributed by atoms with Crippen LogP contribution in [-0.4, -0.2) is 19.4 Å². The molecule has 112 valence electrons. The molecule has 1 heterocycles. The van der Waals surface area contributed by atoms with Gasteiger partial charge in [-0.25, -0.2) is 17.5 Å². The number of anilines is 1. The number of pyridine rings is 1. The van der Waals surface area contributed by atoms with Crippen LogP contribution in [0, 0.1) is 5.82 Å². The van der Waals surface area contributed by atoms with Gasteiger partial charge in [-0.3, -0.25) is 4.98 Å². The van der Waals surface area contributed by atoms with Gasteiger partial charge in [-0.1, -0.05) is 12.1 Å². The second kappa shape index (κ2) is 6.19. The summed E-state index contributed by atoms with van der Waals surface area (Å²) >= 11 is 0. The van der Waals surface area contributed by atoms with Crippen LogP contribution in [-0.2, 0) is 16.4 Å². The first-order valence-corrected chi connectivity index (χ1v) is 7.83. The smallest absolute Gasteiger partial charge is 0.244 e. The third-order valence-electron chi connectivity index (χ3n) is 2.92. The number of nitrogen functional groups attached to an aromatic ring is 1. The van der Waals surface area contributed by atoms with Crippen molar-refractivity contribution < 1.29 is 12.8 Å². The molecule has 0 spiro atoms. The number of rotatable bonds is 5. The standard InChI is InChI=1S/C14H16FN3O2S/c1-10(8-11-2-4-12(15)5-3-11)18-21(19,20)14-9-17-7-6-13(14)16/h2-7,9-10,18H,8H2,1H3,(H2,16,17). The number of halogens is 1. The van der Waals surface area contributed by atoms with Crippen LogP contribution in [0.25, 0.3) is 0 Å². The summed E-state index contributed by atoms with van der Waals surface area (Å²) in [6.45, 7) is 1.73. The molecular formula is C14H16FN3O2S. The minimum Gasteiger partial charge on any atom is -0.398 e. The maximum atomic E-state index is 12.8. The molecule has 0 fully saturated rings. The Kier molecular flexibility index (Phi) is 4.54. The van der Waals surface area contributed by atoms with Gasteiger partial charge in [0.25, 0.3) is 0 Å². The summed E-state index contributed by atoms with van der Waals surface area (Å²) in [5.74, 6) is -0.324. The third kappa shape index (κ3) is 3.99. The highest BCUT2D eigenvalue weighted by Crippen LogP contribution is 2.16. The summed E-state index contributed by atoms with van der Waals surface area (Å²) in [5.41, 5.74) is 6.63. The number of aromatic nitrogens is 1. The first-order valence-electron chi connectivity index (χ1n) is 6.35. The van der Waals surface area contributed by atoms with E-state index >= 15 is 0 Å². The van der Waals surface area contributed by atoms with E-state index in [2.05, 4.69) is 9.71 Å². The van der Waals surface area contributed by atoms with Gasteiger partial charge >= 0.3 is 0 Å². The van der Waals surface area contributed by atoms with E-state index in [-0.39, 0.29) is 22.4 Å². The zero-order valence-electron chi connectivity index (χ0n) is 11.5. The van der Waals surface area contributed by atoms with Crippen molar-refractivity contribution in [2.75, 3.05) is 5.73 Å². The molecule has 3 N–H and O–H groups in total. The molecule has 0 saturated heterocycles. The van der Waals surface area contributed by atoms with Crippen molar-refractivity contribution in [1.29, 1.82) is 0 Å². The molecule has 2 rings (SSSR count). The summed E-state index contributed by atoms with van der Waals surface area (Å²) in [4.78, 5) is 3.73. The van der Waals surface area contributed by atoms with Crippen LogP contribution in [0.3, 0.4) is 0 Å². The largest absolute Gasteiger partial charge is 0.398 e. The first-order chi connectivity index (χ1) is 9.88. The van der Waals surface area contributed by atoms with Crippen LogP contribution in [0.5, 0.6) is 0 Å². The molecule has 1 unspecified atom stereocenters. The van der Waals surface area contributed by atoms with Gasteiger partial charge < -0.3 is 5.73 Å².